The summed E-state index contributed by atoms with van der Waals surface area (Å²) in [5, 5.41) is 3.51. The summed E-state index contributed by atoms with van der Waals surface area (Å²) in [6.07, 6.45) is 9.10. The lowest BCUT2D eigenvalue weighted by molar-refractivity contribution is 0.660. The molecule has 0 fully saturated rings. The first-order valence-electron chi connectivity index (χ1n) is 9.41. The maximum absolute atomic E-state index is 4.61. The van der Waals surface area contributed by atoms with E-state index < -0.39 is 0 Å². The highest BCUT2D eigenvalue weighted by Gasteiger charge is 2.10. The van der Waals surface area contributed by atoms with E-state index in [1.54, 1.807) is 12.4 Å². The summed E-state index contributed by atoms with van der Waals surface area (Å²) in [5.41, 5.74) is 4.19. The van der Waals surface area contributed by atoms with Crippen molar-refractivity contribution >= 4 is 11.0 Å². The Morgan fingerprint density at radius 3 is 2.52 bits per heavy atom. The van der Waals surface area contributed by atoms with Gasteiger partial charge in [0.1, 0.15) is 12.1 Å². The summed E-state index contributed by atoms with van der Waals surface area (Å²) in [5.74, 6) is 1.55. The molecule has 0 amide bonds. The molecule has 0 saturated carbocycles. The lowest BCUT2D eigenvalue weighted by Crippen LogP contribution is -2.17. The van der Waals surface area contributed by atoms with Gasteiger partial charge in [-0.3, -0.25) is 9.13 Å². The van der Waals surface area contributed by atoms with E-state index in [4.69, 9.17) is 0 Å². The first kappa shape index (κ1) is 17.3. The molecule has 0 spiro atoms. The van der Waals surface area contributed by atoms with Crippen LogP contribution in [0.5, 0.6) is 0 Å². The molecule has 1 aromatic carbocycles. The fraction of sp³-hybridized carbons (Fsp3) is 0.0909. The number of pyridine rings is 1. The van der Waals surface area contributed by atoms with Crippen molar-refractivity contribution in [3.63, 3.8) is 0 Å². The fourth-order valence-corrected chi connectivity index (χ4v) is 3.41. The minimum absolute atomic E-state index is 0.668. The number of hydrogen-bond donors (Lipinski definition) is 1. The Morgan fingerprint density at radius 1 is 0.724 bits per heavy atom. The first-order chi connectivity index (χ1) is 14.4. The summed E-state index contributed by atoms with van der Waals surface area (Å²) in [6, 6.07) is 18.0. The Labute approximate surface area is 167 Å². The molecule has 0 saturated heterocycles. The number of rotatable bonds is 6. The number of nitrogens with zero attached hydrogens (tertiary/aromatic N) is 6. The van der Waals surface area contributed by atoms with E-state index in [2.05, 4.69) is 43.5 Å². The van der Waals surface area contributed by atoms with Crippen molar-refractivity contribution < 1.29 is 0 Å². The molecule has 5 rings (SSSR count). The zero-order chi connectivity index (χ0) is 19.5. The average molecular weight is 381 g/mol. The van der Waals surface area contributed by atoms with E-state index in [0.29, 0.717) is 19.0 Å². The molecule has 7 heteroatoms. The molecule has 0 bridgehead atoms. The van der Waals surface area contributed by atoms with Crippen LogP contribution in [0, 0.1) is 0 Å². The summed E-state index contributed by atoms with van der Waals surface area (Å²) < 4.78 is 4.02. The van der Waals surface area contributed by atoms with Crippen molar-refractivity contribution in [1.82, 2.24) is 34.4 Å². The Balaban J connectivity index is 1.36. The number of benzene rings is 1. The fourth-order valence-electron chi connectivity index (χ4n) is 3.41. The van der Waals surface area contributed by atoms with Gasteiger partial charge < -0.3 is 5.32 Å². The maximum Gasteiger partial charge on any atom is 0.233 e. The van der Waals surface area contributed by atoms with Gasteiger partial charge in [0.25, 0.3) is 0 Å². The molecular formula is C22H19N7. The van der Waals surface area contributed by atoms with Gasteiger partial charge >= 0.3 is 0 Å². The van der Waals surface area contributed by atoms with Gasteiger partial charge in [-0.1, -0.05) is 18.2 Å². The van der Waals surface area contributed by atoms with Gasteiger partial charge in [0.15, 0.2) is 0 Å². The lowest BCUT2D eigenvalue weighted by atomic mass is 10.2. The smallest absolute Gasteiger partial charge is 0.233 e. The highest BCUT2D eigenvalue weighted by atomic mass is 15.2. The van der Waals surface area contributed by atoms with Gasteiger partial charge in [-0.2, -0.15) is 0 Å². The molecular weight excluding hydrogens is 362 g/mol. The average Bonchev–Trinajstić information content (AvgIpc) is 3.42. The van der Waals surface area contributed by atoms with Crippen LogP contribution in [0.1, 0.15) is 11.3 Å². The second kappa shape index (κ2) is 7.65. The number of nitrogens with one attached hydrogen (secondary N) is 1. The van der Waals surface area contributed by atoms with Crippen LogP contribution >= 0.6 is 0 Å². The Morgan fingerprint density at radius 2 is 1.59 bits per heavy atom. The topological polar surface area (TPSA) is 73.5 Å². The van der Waals surface area contributed by atoms with Crippen molar-refractivity contribution in [1.29, 1.82) is 0 Å². The second-order valence-electron chi connectivity index (χ2n) is 6.61. The van der Waals surface area contributed by atoms with E-state index in [0.717, 1.165) is 28.1 Å². The van der Waals surface area contributed by atoms with Crippen molar-refractivity contribution in [2.24, 2.45) is 0 Å². The maximum atomic E-state index is 4.61. The molecule has 0 aliphatic carbocycles. The van der Waals surface area contributed by atoms with Gasteiger partial charge in [-0.05, 0) is 36.4 Å². The third-order valence-electron chi connectivity index (χ3n) is 4.77. The number of aromatic nitrogens is 6. The number of hydrogen-bond acceptors (Lipinski definition) is 5. The molecule has 4 aromatic heterocycles. The molecule has 5 aromatic rings. The summed E-state index contributed by atoms with van der Waals surface area (Å²) in [6.45, 7) is 1.36. The van der Waals surface area contributed by atoms with Gasteiger partial charge in [0, 0.05) is 49.1 Å². The van der Waals surface area contributed by atoms with E-state index in [1.165, 1.54) is 0 Å². The molecule has 0 aliphatic heterocycles. The quantitative estimate of drug-likeness (QED) is 0.489. The number of fused-ring (bicyclic) bond motifs is 1. The monoisotopic (exact) mass is 381 g/mol. The highest BCUT2D eigenvalue weighted by molar-refractivity contribution is 5.77. The van der Waals surface area contributed by atoms with Crippen LogP contribution in [-0.2, 0) is 13.1 Å². The SMILES string of the molecule is c1cnc(-n2cccc2CNCc2cccnc2-n2cnc3ccccc32)nc1. The van der Waals surface area contributed by atoms with Gasteiger partial charge in [-0.15, -0.1) is 0 Å². The van der Waals surface area contributed by atoms with Crippen LogP contribution in [0.15, 0.2) is 85.7 Å². The van der Waals surface area contributed by atoms with E-state index in [-0.39, 0.29) is 0 Å². The molecule has 0 radical (unpaired) electrons. The van der Waals surface area contributed by atoms with E-state index in [9.17, 15) is 0 Å². The lowest BCUT2D eigenvalue weighted by Gasteiger charge is -2.12. The minimum Gasteiger partial charge on any atom is -0.307 e. The Hall–Kier alpha value is -3.84. The predicted octanol–water partition coefficient (Wildman–Crippen LogP) is 3.29. The normalized spacial score (nSPS) is 11.2. The molecule has 0 atom stereocenters. The van der Waals surface area contributed by atoms with Crippen LogP contribution < -0.4 is 5.32 Å². The van der Waals surface area contributed by atoms with E-state index >= 15 is 0 Å². The predicted molar refractivity (Wildman–Crippen MR) is 111 cm³/mol. The van der Waals surface area contributed by atoms with Crippen molar-refractivity contribution in [2.75, 3.05) is 0 Å². The van der Waals surface area contributed by atoms with Crippen LogP contribution in [0.25, 0.3) is 22.8 Å². The third-order valence-corrected chi connectivity index (χ3v) is 4.77. The van der Waals surface area contributed by atoms with Gasteiger partial charge in [-0.25, -0.2) is 19.9 Å². The van der Waals surface area contributed by atoms with Gasteiger partial charge in [0.2, 0.25) is 5.95 Å². The number of imidazole rings is 1. The molecule has 29 heavy (non-hydrogen) atoms. The van der Waals surface area contributed by atoms with E-state index in [1.807, 2.05) is 64.3 Å². The Bertz CT molecular complexity index is 1240. The molecule has 142 valence electrons. The Kier molecular flexibility index (Phi) is 4.56. The van der Waals surface area contributed by atoms with Crippen LogP contribution in [0.2, 0.25) is 0 Å². The van der Waals surface area contributed by atoms with Crippen molar-refractivity contribution in [3.8, 4) is 11.8 Å². The molecule has 0 unspecified atom stereocenters. The van der Waals surface area contributed by atoms with Crippen LogP contribution in [0.3, 0.4) is 0 Å². The van der Waals surface area contributed by atoms with Crippen molar-refractivity contribution in [2.45, 2.75) is 13.1 Å². The van der Waals surface area contributed by atoms with Gasteiger partial charge in [0.05, 0.1) is 11.0 Å². The molecule has 0 aliphatic rings. The number of para-hydroxylation sites is 2. The minimum atomic E-state index is 0.668. The molecule has 1 N–H and O–H groups in total. The summed E-state index contributed by atoms with van der Waals surface area (Å²) in [7, 11) is 0. The highest BCUT2D eigenvalue weighted by Crippen LogP contribution is 2.19. The largest absolute Gasteiger partial charge is 0.307 e. The standard InChI is InChI=1S/C22H19N7/c1-2-9-20-19(8-1)27-16-29(20)21-17(6-3-10-24-21)14-23-15-18-7-4-13-28(18)22-25-11-5-12-26-22/h1-13,16,23H,14-15H2. The third kappa shape index (κ3) is 3.39. The zero-order valence-electron chi connectivity index (χ0n) is 15.7. The first-order valence-corrected chi connectivity index (χ1v) is 9.41. The molecule has 4 heterocycles. The summed E-state index contributed by atoms with van der Waals surface area (Å²) >= 11 is 0. The second-order valence-corrected chi connectivity index (χ2v) is 6.61. The molecule has 7 nitrogen and oxygen atoms in total. The van der Waals surface area contributed by atoms with Crippen molar-refractivity contribution in [3.05, 3.63) is 97.0 Å². The summed E-state index contributed by atoms with van der Waals surface area (Å²) in [4.78, 5) is 17.8. The zero-order valence-corrected chi connectivity index (χ0v) is 15.7. The van der Waals surface area contributed by atoms with Crippen LogP contribution in [-0.4, -0.2) is 29.1 Å². The van der Waals surface area contributed by atoms with Crippen LogP contribution in [0.4, 0.5) is 0 Å².